The average molecular weight is 408 g/mol. The molecular weight excluding hydrogens is 372 g/mol. The Morgan fingerprint density at radius 1 is 1.29 bits per heavy atom. The van der Waals surface area contributed by atoms with Crippen molar-refractivity contribution in [3.05, 3.63) is 76.7 Å². The monoisotopic (exact) mass is 407 g/mol. The highest BCUT2D eigenvalue weighted by molar-refractivity contribution is 7.13. The second-order valence-corrected chi connectivity index (χ2v) is 6.23. The lowest BCUT2D eigenvalue weighted by atomic mass is 10.1. The molecule has 0 spiro atoms. The third-order valence-corrected chi connectivity index (χ3v) is 3.95. The highest BCUT2D eigenvalue weighted by Gasteiger charge is 2.08. The minimum Gasteiger partial charge on any atom is -0.387 e. The number of anilines is 2. The number of aliphatic hydroxyl groups is 1. The molecule has 0 aliphatic rings. The van der Waals surface area contributed by atoms with Crippen LogP contribution in [0.2, 0.25) is 0 Å². The predicted molar refractivity (Wildman–Crippen MR) is 113 cm³/mol. The van der Waals surface area contributed by atoms with Gasteiger partial charge in [0.25, 0.3) is 0 Å². The van der Waals surface area contributed by atoms with E-state index >= 15 is 0 Å². The van der Waals surface area contributed by atoms with Gasteiger partial charge in [0.05, 0.1) is 25.1 Å². The molecule has 1 atom stereocenters. The fourth-order valence-corrected chi connectivity index (χ4v) is 2.55. The van der Waals surface area contributed by atoms with Crippen LogP contribution < -0.4 is 16.4 Å². The zero-order valence-corrected chi connectivity index (χ0v) is 15.3. The normalized spacial score (nSPS) is 19.1. The number of carbonyl (C=O) groups is 1. The summed E-state index contributed by atoms with van der Waals surface area (Å²) in [7, 11) is 0. The first-order chi connectivity index (χ1) is 17.9. The fourth-order valence-electron chi connectivity index (χ4n) is 2.06. The van der Waals surface area contributed by atoms with Crippen molar-refractivity contribution < 1.29 is 25.0 Å². The molecule has 0 aliphatic carbocycles. The van der Waals surface area contributed by atoms with Crippen molar-refractivity contribution in [2.24, 2.45) is 0 Å². The molecule has 0 saturated carbocycles. The van der Waals surface area contributed by atoms with E-state index in [9.17, 15) is 9.90 Å². The van der Waals surface area contributed by atoms with Crippen molar-refractivity contribution in [1.29, 1.82) is 0 Å². The minimum absolute atomic E-state index is 0.0319. The summed E-state index contributed by atoms with van der Waals surface area (Å²) in [4.78, 5) is 16.3. The molecule has 0 radical (unpaired) electrons. The summed E-state index contributed by atoms with van der Waals surface area (Å²) in [6.07, 6.45) is -5.75. The van der Waals surface area contributed by atoms with Crippen molar-refractivity contribution in [2.45, 2.75) is 18.9 Å². The number of hydrogen-bond acceptors (Lipinski definition) is 6. The molecule has 7 heteroatoms. The van der Waals surface area contributed by atoms with Crippen molar-refractivity contribution >= 4 is 28.1 Å². The molecule has 28 heavy (non-hydrogen) atoms. The molecule has 1 amide bonds. The van der Waals surface area contributed by atoms with Crippen LogP contribution in [0.25, 0.3) is 0 Å². The summed E-state index contributed by atoms with van der Waals surface area (Å²) < 4.78 is 90.4. The average Bonchev–Trinajstić information content (AvgIpc) is 3.15. The van der Waals surface area contributed by atoms with Crippen LogP contribution in [-0.4, -0.2) is 29.0 Å². The number of carbonyl (C=O) groups excluding carboxylic acids is 1. The molecule has 146 valence electrons. The summed E-state index contributed by atoms with van der Waals surface area (Å²) in [5, 5.41) is 14.4. The van der Waals surface area contributed by atoms with Gasteiger partial charge >= 0.3 is 0 Å². The van der Waals surface area contributed by atoms with Crippen LogP contribution in [0.3, 0.4) is 0 Å². The van der Waals surface area contributed by atoms with Gasteiger partial charge < -0.3 is 21.5 Å². The van der Waals surface area contributed by atoms with Crippen LogP contribution in [-0.2, 0) is 17.6 Å². The molecule has 0 bridgehead atoms. The highest BCUT2D eigenvalue weighted by atomic mass is 32.1. The Morgan fingerprint density at radius 3 is 2.71 bits per heavy atom. The molecule has 2 aromatic carbocycles. The first-order valence-corrected chi connectivity index (χ1v) is 8.87. The molecule has 6 nitrogen and oxygen atoms in total. The lowest BCUT2D eigenvalue weighted by molar-refractivity contribution is -0.115. The molecule has 1 heterocycles. The van der Waals surface area contributed by atoms with Crippen LogP contribution in [0, 0.1) is 0 Å². The SMILES string of the molecule is [2H]c1sc(N)nc1CC(=O)Nc1c([2H])c([2H])c(C([2H])([2H])C([2H])([2H])NC([2H])([2H])[C@@H](O)c2ccccc2)c([2H])c1[2H]. The summed E-state index contributed by atoms with van der Waals surface area (Å²) in [5.41, 5.74) is 3.99. The van der Waals surface area contributed by atoms with Crippen LogP contribution in [0.4, 0.5) is 10.8 Å². The van der Waals surface area contributed by atoms with Crippen LogP contribution >= 0.6 is 11.3 Å². The van der Waals surface area contributed by atoms with E-state index in [1.165, 1.54) is 24.3 Å². The Bertz CT molecular complexity index is 1360. The van der Waals surface area contributed by atoms with E-state index in [1.54, 1.807) is 11.4 Å². The maximum Gasteiger partial charge on any atom is 0.230 e. The Kier molecular flexibility index (Phi) is 3.62. The number of rotatable bonds is 9. The van der Waals surface area contributed by atoms with Gasteiger partial charge in [-0.15, -0.1) is 11.3 Å². The van der Waals surface area contributed by atoms with E-state index < -0.39 is 73.2 Å². The number of nitrogens with one attached hydrogen (secondary N) is 2. The lowest BCUT2D eigenvalue weighted by Gasteiger charge is -2.12. The molecule has 0 aliphatic heterocycles. The molecule has 0 unspecified atom stereocenters. The number of benzene rings is 2. The Hall–Kier alpha value is -2.74. The molecular formula is C21H24N4O2S. The van der Waals surface area contributed by atoms with Crippen molar-refractivity contribution in [1.82, 2.24) is 10.3 Å². The van der Waals surface area contributed by atoms with E-state index in [0.29, 0.717) is 0 Å². The Labute approximate surface area is 183 Å². The van der Waals surface area contributed by atoms with Gasteiger partial charge in [-0.2, -0.15) is 0 Å². The van der Waals surface area contributed by atoms with Gasteiger partial charge in [0.15, 0.2) is 5.13 Å². The van der Waals surface area contributed by atoms with Crippen molar-refractivity contribution in [3.63, 3.8) is 0 Å². The van der Waals surface area contributed by atoms with Gasteiger partial charge in [0.1, 0.15) is 0 Å². The largest absolute Gasteiger partial charge is 0.387 e. The first-order valence-electron chi connectivity index (χ1n) is 13.6. The third-order valence-electron chi connectivity index (χ3n) is 3.31. The quantitative estimate of drug-likeness (QED) is 0.437. The summed E-state index contributed by atoms with van der Waals surface area (Å²) in [6, 6.07) is 3.65. The number of aliphatic hydroxyl groups excluding tert-OH is 1. The van der Waals surface area contributed by atoms with Crippen LogP contribution in [0.5, 0.6) is 0 Å². The maximum absolute atomic E-state index is 12.5. The maximum atomic E-state index is 12.5. The molecule has 5 N–H and O–H groups in total. The number of amides is 1. The Morgan fingerprint density at radius 2 is 2.04 bits per heavy atom. The number of hydrogen-bond donors (Lipinski definition) is 4. The molecule has 3 rings (SSSR count). The van der Waals surface area contributed by atoms with Crippen LogP contribution in [0.1, 0.15) is 38.0 Å². The second-order valence-electron chi connectivity index (χ2n) is 5.41. The second kappa shape index (κ2) is 9.98. The minimum atomic E-state index is -3.36. The summed E-state index contributed by atoms with van der Waals surface area (Å²) in [6.45, 7) is -6.30. The van der Waals surface area contributed by atoms with Gasteiger partial charge in [-0.3, -0.25) is 4.79 Å². The molecule has 0 fully saturated rings. The fraction of sp³-hybridized carbons (Fsp3) is 0.238. The smallest absolute Gasteiger partial charge is 0.230 e. The molecule has 3 aromatic rings. The van der Waals surface area contributed by atoms with Crippen molar-refractivity contribution in [3.8, 4) is 0 Å². The van der Waals surface area contributed by atoms with Crippen LogP contribution in [0.15, 0.2) is 59.9 Å². The van der Waals surface area contributed by atoms with Gasteiger partial charge in [-0.05, 0) is 36.1 Å². The lowest BCUT2D eigenvalue weighted by Crippen LogP contribution is -2.23. The highest BCUT2D eigenvalue weighted by Crippen LogP contribution is 2.14. The molecule has 1 aromatic heterocycles. The molecule has 0 saturated heterocycles. The van der Waals surface area contributed by atoms with E-state index in [1.807, 2.05) is 0 Å². The summed E-state index contributed by atoms with van der Waals surface area (Å²) in [5.74, 6) is -0.842. The third kappa shape index (κ3) is 6.16. The topological polar surface area (TPSA) is 100 Å². The first kappa shape index (κ1) is 10.2. The number of nitrogens with two attached hydrogens (primary N) is 1. The number of nitrogens with zero attached hydrogens (tertiary/aromatic N) is 1. The zero-order valence-electron chi connectivity index (χ0n) is 25.5. The van der Waals surface area contributed by atoms with Gasteiger partial charge in [-0.1, -0.05) is 42.4 Å². The Balaban J connectivity index is 1.94. The number of thiazole rings is 1. The van der Waals surface area contributed by atoms with Gasteiger partial charge in [0.2, 0.25) is 5.91 Å². The van der Waals surface area contributed by atoms with Gasteiger partial charge in [-0.25, -0.2) is 4.98 Å². The van der Waals surface area contributed by atoms with E-state index in [0.717, 1.165) is 11.3 Å². The number of aromatic nitrogens is 1. The summed E-state index contributed by atoms with van der Waals surface area (Å²) >= 11 is 0.834. The van der Waals surface area contributed by atoms with Crippen molar-refractivity contribution in [2.75, 3.05) is 24.0 Å². The zero-order chi connectivity index (χ0) is 29.5. The van der Waals surface area contributed by atoms with E-state index in [2.05, 4.69) is 10.3 Å². The number of nitrogen functional groups attached to an aromatic ring is 1. The standard InChI is InChI=1S/C21H24N4O2S/c22-21-25-18(14-28-21)12-20(27)24-17-8-6-15(7-9-17)10-11-23-13-19(26)16-4-2-1-3-5-16/h1-9,14,19,23,26H,10-13H2,(H2,22,25)(H,24,27)/t19-/m1/s1/i6D,7D,8D,9D,10D2,11D2,13D2,14D. The van der Waals surface area contributed by atoms with Gasteiger partial charge in [0, 0.05) is 25.8 Å². The predicted octanol–water partition coefficient (Wildman–Crippen LogP) is 2.77. The van der Waals surface area contributed by atoms with E-state index in [4.69, 9.17) is 20.8 Å². The van der Waals surface area contributed by atoms with E-state index in [-0.39, 0.29) is 21.7 Å².